The van der Waals surface area contributed by atoms with Crippen molar-refractivity contribution in [3.63, 3.8) is 0 Å². The van der Waals surface area contributed by atoms with Crippen LogP contribution in [0.2, 0.25) is 0 Å². The highest BCUT2D eigenvalue weighted by atomic mass is 19.1. The zero-order chi connectivity index (χ0) is 13.1. The molecular formula is C14H18FNO2. The van der Waals surface area contributed by atoms with Gasteiger partial charge in [-0.05, 0) is 43.5 Å². The summed E-state index contributed by atoms with van der Waals surface area (Å²) in [6.45, 7) is 3.85. The zero-order valence-electron chi connectivity index (χ0n) is 10.5. The molecule has 1 saturated heterocycles. The standard InChI is InChI=1S/C14H18FNO2/c1-10-11(4-2-6-13(10)15)8-16-7-3-5-12(9-16)14(17)18/h2,4,6,12H,3,5,7-9H2,1H3,(H,17,18)/t12-/m0/s1. The van der Waals surface area contributed by atoms with Crippen LogP contribution in [0.15, 0.2) is 18.2 Å². The van der Waals surface area contributed by atoms with Gasteiger partial charge in [0.25, 0.3) is 0 Å². The number of nitrogens with zero attached hydrogens (tertiary/aromatic N) is 1. The van der Waals surface area contributed by atoms with Gasteiger partial charge in [0.1, 0.15) is 5.82 Å². The highest BCUT2D eigenvalue weighted by Crippen LogP contribution is 2.20. The second kappa shape index (κ2) is 5.48. The van der Waals surface area contributed by atoms with Crippen LogP contribution in [0, 0.1) is 18.7 Å². The molecule has 1 heterocycles. The third-order valence-electron chi connectivity index (χ3n) is 3.63. The van der Waals surface area contributed by atoms with Crippen molar-refractivity contribution in [2.24, 2.45) is 5.92 Å². The Morgan fingerprint density at radius 1 is 1.56 bits per heavy atom. The first-order valence-corrected chi connectivity index (χ1v) is 6.27. The lowest BCUT2D eigenvalue weighted by Crippen LogP contribution is -2.38. The monoisotopic (exact) mass is 251 g/mol. The van der Waals surface area contributed by atoms with Crippen molar-refractivity contribution in [1.82, 2.24) is 4.90 Å². The van der Waals surface area contributed by atoms with Gasteiger partial charge in [-0.25, -0.2) is 4.39 Å². The summed E-state index contributed by atoms with van der Waals surface area (Å²) in [6, 6.07) is 5.06. The minimum Gasteiger partial charge on any atom is -0.481 e. The van der Waals surface area contributed by atoms with Crippen molar-refractivity contribution in [3.8, 4) is 0 Å². The molecule has 1 aromatic carbocycles. The maximum absolute atomic E-state index is 13.4. The van der Waals surface area contributed by atoms with Gasteiger partial charge in [0.2, 0.25) is 0 Å². The molecule has 0 unspecified atom stereocenters. The molecule has 0 amide bonds. The number of hydrogen-bond donors (Lipinski definition) is 1. The van der Waals surface area contributed by atoms with E-state index in [4.69, 9.17) is 5.11 Å². The number of piperidine rings is 1. The lowest BCUT2D eigenvalue weighted by Gasteiger charge is -2.31. The van der Waals surface area contributed by atoms with Crippen molar-refractivity contribution >= 4 is 5.97 Å². The molecule has 18 heavy (non-hydrogen) atoms. The number of likely N-dealkylation sites (tertiary alicyclic amines) is 1. The molecule has 0 aliphatic carbocycles. The fourth-order valence-electron chi connectivity index (χ4n) is 2.47. The average molecular weight is 251 g/mol. The van der Waals surface area contributed by atoms with Gasteiger partial charge in [-0.15, -0.1) is 0 Å². The molecule has 1 aromatic rings. The van der Waals surface area contributed by atoms with E-state index >= 15 is 0 Å². The first-order valence-electron chi connectivity index (χ1n) is 6.27. The SMILES string of the molecule is Cc1c(F)cccc1CN1CCC[C@H](C(=O)O)C1. The topological polar surface area (TPSA) is 40.5 Å². The summed E-state index contributed by atoms with van der Waals surface area (Å²) < 4.78 is 13.4. The number of carboxylic acids is 1. The lowest BCUT2D eigenvalue weighted by atomic mass is 9.97. The second-order valence-corrected chi connectivity index (χ2v) is 4.94. The Hall–Kier alpha value is -1.42. The van der Waals surface area contributed by atoms with Crippen LogP contribution in [0.3, 0.4) is 0 Å². The Morgan fingerprint density at radius 2 is 2.33 bits per heavy atom. The summed E-state index contributed by atoms with van der Waals surface area (Å²) >= 11 is 0. The predicted molar refractivity (Wildman–Crippen MR) is 66.8 cm³/mol. The molecule has 0 aromatic heterocycles. The molecule has 0 spiro atoms. The number of carbonyl (C=O) groups is 1. The third-order valence-corrected chi connectivity index (χ3v) is 3.63. The number of hydrogen-bond acceptors (Lipinski definition) is 2. The van der Waals surface area contributed by atoms with E-state index < -0.39 is 5.97 Å². The molecule has 0 saturated carbocycles. The minimum atomic E-state index is -0.726. The van der Waals surface area contributed by atoms with E-state index in [1.54, 1.807) is 13.0 Å². The number of carboxylic acid groups (broad SMARTS) is 1. The van der Waals surface area contributed by atoms with E-state index in [0.717, 1.165) is 24.9 Å². The normalized spacial score (nSPS) is 20.9. The van der Waals surface area contributed by atoms with Crippen LogP contribution in [0.25, 0.3) is 0 Å². The fraction of sp³-hybridized carbons (Fsp3) is 0.500. The van der Waals surface area contributed by atoms with Crippen LogP contribution in [-0.2, 0) is 11.3 Å². The highest BCUT2D eigenvalue weighted by molar-refractivity contribution is 5.70. The fourth-order valence-corrected chi connectivity index (χ4v) is 2.47. The van der Waals surface area contributed by atoms with Crippen molar-refractivity contribution in [2.45, 2.75) is 26.3 Å². The van der Waals surface area contributed by atoms with Gasteiger partial charge in [-0.1, -0.05) is 12.1 Å². The van der Waals surface area contributed by atoms with Gasteiger partial charge in [0.15, 0.2) is 0 Å². The van der Waals surface area contributed by atoms with Crippen LogP contribution < -0.4 is 0 Å². The molecule has 2 rings (SSSR count). The van der Waals surface area contributed by atoms with Gasteiger partial charge < -0.3 is 5.11 Å². The summed E-state index contributed by atoms with van der Waals surface area (Å²) in [5, 5.41) is 9.03. The predicted octanol–water partition coefficient (Wildman–Crippen LogP) is 2.43. The van der Waals surface area contributed by atoms with E-state index in [-0.39, 0.29) is 11.7 Å². The smallest absolute Gasteiger partial charge is 0.307 e. The molecule has 1 fully saturated rings. The number of benzene rings is 1. The summed E-state index contributed by atoms with van der Waals surface area (Å²) in [7, 11) is 0. The Morgan fingerprint density at radius 3 is 3.06 bits per heavy atom. The Bertz CT molecular complexity index is 447. The molecule has 98 valence electrons. The summed E-state index contributed by atoms with van der Waals surface area (Å²) in [4.78, 5) is 13.1. The van der Waals surface area contributed by atoms with Crippen LogP contribution in [-0.4, -0.2) is 29.1 Å². The molecule has 3 nitrogen and oxygen atoms in total. The van der Waals surface area contributed by atoms with Crippen LogP contribution in [0.4, 0.5) is 4.39 Å². The van der Waals surface area contributed by atoms with Gasteiger partial charge in [0, 0.05) is 13.1 Å². The van der Waals surface area contributed by atoms with E-state index in [1.165, 1.54) is 6.07 Å². The number of aliphatic carboxylic acids is 1. The Balaban J connectivity index is 2.05. The highest BCUT2D eigenvalue weighted by Gasteiger charge is 2.25. The van der Waals surface area contributed by atoms with Crippen molar-refractivity contribution in [3.05, 3.63) is 35.1 Å². The Kier molecular flexibility index (Phi) is 3.97. The maximum atomic E-state index is 13.4. The quantitative estimate of drug-likeness (QED) is 0.897. The van der Waals surface area contributed by atoms with Crippen LogP contribution in [0.1, 0.15) is 24.0 Å². The van der Waals surface area contributed by atoms with E-state index in [9.17, 15) is 9.18 Å². The first-order chi connectivity index (χ1) is 8.58. The van der Waals surface area contributed by atoms with Crippen molar-refractivity contribution < 1.29 is 14.3 Å². The lowest BCUT2D eigenvalue weighted by molar-refractivity contribution is -0.143. The molecule has 1 atom stereocenters. The summed E-state index contributed by atoms with van der Waals surface area (Å²) in [5.41, 5.74) is 1.61. The van der Waals surface area contributed by atoms with Gasteiger partial charge in [-0.3, -0.25) is 9.69 Å². The van der Waals surface area contributed by atoms with E-state index in [1.807, 2.05) is 6.07 Å². The van der Waals surface area contributed by atoms with Gasteiger partial charge in [-0.2, -0.15) is 0 Å². The molecule has 0 radical (unpaired) electrons. The number of rotatable bonds is 3. The molecule has 1 N–H and O–H groups in total. The number of halogens is 1. The average Bonchev–Trinajstić information content (AvgIpc) is 2.35. The van der Waals surface area contributed by atoms with Gasteiger partial charge >= 0.3 is 5.97 Å². The molecule has 1 aliphatic heterocycles. The molecule has 0 bridgehead atoms. The zero-order valence-corrected chi connectivity index (χ0v) is 10.5. The second-order valence-electron chi connectivity index (χ2n) is 4.94. The van der Waals surface area contributed by atoms with Crippen LogP contribution in [0.5, 0.6) is 0 Å². The summed E-state index contributed by atoms with van der Waals surface area (Å²) in [6.07, 6.45) is 1.64. The maximum Gasteiger partial charge on any atom is 0.307 e. The van der Waals surface area contributed by atoms with E-state index in [0.29, 0.717) is 18.7 Å². The summed E-state index contributed by atoms with van der Waals surface area (Å²) in [5.74, 6) is -1.21. The molecular weight excluding hydrogens is 233 g/mol. The largest absolute Gasteiger partial charge is 0.481 e. The van der Waals surface area contributed by atoms with Crippen molar-refractivity contribution in [1.29, 1.82) is 0 Å². The first kappa shape index (κ1) is 13.0. The molecule has 1 aliphatic rings. The van der Waals surface area contributed by atoms with E-state index in [2.05, 4.69) is 4.90 Å². The minimum absolute atomic E-state index is 0.195. The van der Waals surface area contributed by atoms with Gasteiger partial charge in [0.05, 0.1) is 5.92 Å². The third kappa shape index (κ3) is 2.88. The Labute approximate surface area is 106 Å². The van der Waals surface area contributed by atoms with Crippen molar-refractivity contribution in [2.75, 3.05) is 13.1 Å². The molecule has 4 heteroatoms. The van der Waals surface area contributed by atoms with Crippen LogP contribution >= 0.6 is 0 Å².